The zero-order chi connectivity index (χ0) is 21.1. The molecule has 0 saturated carbocycles. The molecule has 0 atom stereocenters. The van der Waals surface area contributed by atoms with Crippen LogP contribution in [0, 0.1) is 13.8 Å². The van der Waals surface area contributed by atoms with Crippen molar-refractivity contribution in [3.8, 4) is 0 Å². The van der Waals surface area contributed by atoms with E-state index in [1.807, 2.05) is 11.8 Å². The molecule has 3 N–H and O–H groups in total. The third-order valence-electron chi connectivity index (χ3n) is 4.86. The van der Waals surface area contributed by atoms with Gasteiger partial charge in [-0.15, -0.1) is 11.8 Å². The van der Waals surface area contributed by atoms with E-state index in [4.69, 9.17) is 9.79 Å². The van der Waals surface area contributed by atoms with Crippen molar-refractivity contribution >= 4 is 19.4 Å². The highest BCUT2D eigenvalue weighted by Crippen LogP contribution is 2.34. The summed E-state index contributed by atoms with van der Waals surface area (Å²) in [4.78, 5) is 19.1. The Morgan fingerprint density at radius 2 is 1.66 bits per heavy atom. The Hall–Kier alpha value is -1.10. The SMILES string of the molecule is Cc1ccc(CCCCCSc2ccc(CNCCCP(=O)(O)O)cc2C)cc1. The molecule has 0 aromatic heterocycles. The number of hydrogen-bond donors (Lipinski definition) is 3. The second-order valence-electron chi connectivity index (χ2n) is 7.66. The summed E-state index contributed by atoms with van der Waals surface area (Å²) in [5.41, 5.74) is 5.26. The minimum absolute atomic E-state index is 0.0559. The molecule has 0 heterocycles. The Labute approximate surface area is 179 Å². The lowest BCUT2D eigenvalue weighted by molar-refractivity contribution is 0.371. The lowest BCUT2D eigenvalue weighted by atomic mass is 10.1. The van der Waals surface area contributed by atoms with Crippen molar-refractivity contribution in [2.45, 2.75) is 57.4 Å². The third kappa shape index (κ3) is 10.5. The van der Waals surface area contributed by atoms with Gasteiger partial charge in [0.15, 0.2) is 0 Å². The van der Waals surface area contributed by atoms with Gasteiger partial charge in [0.2, 0.25) is 0 Å². The minimum atomic E-state index is -3.87. The summed E-state index contributed by atoms with van der Waals surface area (Å²) in [6, 6.07) is 15.4. The Bertz CT molecular complexity index is 789. The third-order valence-corrected chi connectivity index (χ3v) is 7.02. The second-order valence-corrected chi connectivity index (χ2v) is 10.6. The average molecular weight is 436 g/mol. The van der Waals surface area contributed by atoms with Crippen molar-refractivity contribution in [3.05, 3.63) is 64.7 Å². The molecule has 2 rings (SSSR count). The van der Waals surface area contributed by atoms with Crippen LogP contribution in [0.15, 0.2) is 47.4 Å². The van der Waals surface area contributed by atoms with Crippen molar-refractivity contribution in [2.24, 2.45) is 0 Å². The van der Waals surface area contributed by atoms with Gasteiger partial charge in [0, 0.05) is 11.4 Å². The first-order valence-corrected chi connectivity index (χ1v) is 13.1. The highest BCUT2D eigenvalue weighted by molar-refractivity contribution is 7.99. The fourth-order valence-corrected chi connectivity index (χ4v) is 4.76. The van der Waals surface area contributed by atoms with Gasteiger partial charge in [0.05, 0.1) is 6.16 Å². The second kappa shape index (κ2) is 12.6. The largest absolute Gasteiger partial charge is 0.325 e. The summed E-state index contributed by atoms with van der Waals surface area (Å²) in [6.07, 6.45) is 5.34. The van der Waals surface area contributed by atoms with Crippen LogP contribution in [0.3, 0.4) is 0 Å². The fraction of sp³-hybridized carbons (Fsp3) is 0.478. The lowest BCUT2D eigenvalue weighted by Crippen LogP contribution is -2.15. The van der Waals surface area contributed by atoms with Gasteiger partial charge in [-0.2, -0.15) is 0 Å². The first kappa shape index (κ1) is 24.2. The topological polar surface area (TPSA) is 69.6 Å². The molecule has 2 aromatic rings. The first-order chi connectivity index (χ1) is 13.8. The van der Waals surface area contributed by atoms with Crippen molar-refractivity contribution in [1.29, 1.82) is 0 Å². The molecule has 6 heteroatoms. The quantitative estimate of drug-likeness (QED) is 0.221. The number of rotatable bonds is 13. The maximum absolute atomic E-state index is 10.8. The van der Waals surface area contributed by atoms with E-state index in [1.165, 1.54) is 52.8 Å². The molecular weight excluding hydrogens is 401 g/mol. The monoisotopic (exact) mass is 435 g/mol. The molecule has 0 aliphatic carbocycles. The van der Waals surface area contributed by atoms with Crippen molar-refractivity contribution in [2.75, 3.05) is 18.5 Å². The number of benzene rings is 2. The zero-order valence-electron chi connectivity index (χ0n) is 17.6. The van der Waals surface area contributed by atoms with Gasteiger partial charge in [-0.1, -0.05) is 48.4 Å². The summed E-state index contributed by atoms with van der Waals surface area (Å²) < 4.78 is 10.8. The van der Waals surface area contributed by atoms with Crippen LogP contribution in [0.2, 0.25) is 0 Å². The maximum Gasteiger partial charge on any atom is 0.325 e. The molecular formula is C23H34NO3PS. The van der Waals surface area contributed by atoms with E-state index in [1.54, 1.807) is 0 Å². The van der Waals surface area contributed by atoms with E-state index in [9.17, 15) is 4.57 Å². The van der Waals surface area contributed by atoms with E-state index in [0.29, 0.717) is 13.0 Å². The number of nitrogens with one attached hydrogen (secondary N) is 1. The van der Waals surface area contributed by atoms with Gasteiger partial charge in [-0.05, 0) is 74.6 Å². The molecule has 0 unspecified atom stereocenters. The molecule has 0 spiro atoms. The summed E-state index contributed by atoms with van der Waals surface area (Å²) in [7, 11) is -3.87. The molecule has 0 saturated heterocycles. The molecule has 29 heavy (non-hydrogen) atoms. The van der Waals surface area contributed by atoms with E-state index >= 15 is 0 Å². The predicted molar refractivity (Wildman–Crippen MR) is 124 cm³/mol. The Morgan fingerprint density at radius 1 is 0.931 bits per heavy atom. The number of unbranched alkanes of at least 4 members (excludes halogenated alkanes) is 2. The predicted octanol–water partition coefficient (Wildman–Crippen LogP) is 5.47. The van der Waals surface area contributed by atoms with Crippen molar-refractivity contribution < 1.29 is 14.4 Å². The minimum Gasteiger partial charge on any atom is -0.324 e. The summed E-state index contributed by atoms with van der Waals surface area (Å²) in [5, 5.41) is 3.25. The molecule has 0 aliphatic rings. The van der Waals surface area contributed by atoms with Crippen LogP contribution >= 0.6 is 19.4 Å². The van der Waals surface area contributed by atoms with Gasteiger partial charge in [0.1, 0.15) is 0 Å². The highest BCUT2D eigenvalue weighted by atomic mass is 32.2. The van der Waals surface area contributed by atoms with E-state index in [0.717, 1.165) is 12.3 Å². The molecule has 0 bridgehead atoms. The van der Waals surface area contributed by atoms with Gasteiger partial charge >= 0.3 is 7.60 Å². The van der Waals surface area contributed by atoms with Gasteiger partial charge in [0.25, 0.3) is 0 Å². The van der Waals surface area contributed by atoms with Crippen LogP contribution in [0.4, 0.5) is 0 Å². The normalized spacial score (nSPS) is 11.7. The number of hydrogen-bond acceptors (Lipinski definition) is 3. The van der Waals surface area contributed by atoms with Crippen LogP contribution in [0.5, 0.6) is 0 Å². The maximum atomic E-state index is 10.8. The van der Waals surface area contributed by atoms with Crippen LogP contribution in [-0.4, -0.2) is 28.2 Å². The van der Waals surface area contributed by atoms with Crippen LogP contribution in [-0.2, 0) is 17.5 Å². The Morgan fingerprint density at radius 3 is 2.34 bits per heavy atom. The van der Waals surface area contributed by atoms with Crippen LogP contribution < -0.4 is 5.32 Å². The molecule has 0 aliphatic heterocycles. The fourth-order valence-electron chi connectivity index (χ4n) is 3.17. The van der Waals surface area contributed by atoms with E-state index in [-0.39, 0.29) is 6.16 Å². The number of thioether (sulfide) groups is 1. The van der Waals surface area contributed by atoms with Gasteiger partial charge in [-0.25, -0.2) is 0 Å². The van der Waals surface area contributed by atoms with E-state index in [2.05, 4.69) is 61.6 Å². The summed E-state index contributed by atoms with van der Waals surface area (Å²) in [5.74, 6) is 1.15. The molecule has 160 valence electrons. The Balaban J connectivity index is 1.60. The first-order valence-electron chi connectivity index (χ1n) is 10.4. The molecule has 0 radical (unpaired) electrons. The summed E-state index contributed by atoms with van der Waals surface area (Å²) in [6.45, 7) is 5.62. The molecule has 0 fully saturated rings. The highest BCUT2D eigenvalue weighted by Gasteiger charge is 2.11. The lowest BCUT2D eigenvalue weighted by Gasteiger charge is -2.10. The summed E-state index contributed by atoms with van der Waals surface area (Å²) >= 11 is 1.93. The van der Waals surface area contributed by atoms with Crippen molar-refractivity contribution in [3.63, 3.8) is 0 Å². The number of aryl methyl sites for hydroxylation is 3. The van der Waals surface area contributed by atoms with Crippen LogP contribution in [0.1, 0.15) is 47.9 Å². The van der Waals surface area contributed by atoms with Gasteiger partial charge in [-0.3, -0.25) is 4.57 Å². The average Bonchev–Trinajstić information content (AvgIpc) is 2.66. The molecule has 2 aromatic carbocycles. The molecule has 0 amide bonds. The van der Waals surface area contributed by atoms with Crippen molar-refractivity contribution in [1.82, 2.24) is 5.32 Å². The van der Waals surface area contributed by atoms with E-state index < -0.39 is 7.60 Å². The van der Waals surface area contributed by atoms with Gasteiger partial charge < -0.3 is 15.1 Å². The standard InChI is InChI=1S/C23H34NO3PS/c1-19-8-10-21(11-9-19)7-4-3-5-16-29-23-13-12-22(17-20(23)2)18-24-14-6-15-28(25,26)27/h8-13,17,24H,3-7,14-16,18H2,1-2H3,(H2,25,26,27). The smallest absolute Gasteiger partial charge is 0.324 e. The molecule has 4 nitrogen and oxygen atoms in total. The Kier molecular flexibility index (Phi) is 10.5. The zero-order valence-corrected chi connectivity index (χ0v) is 19.3. The van der Waals surface area contributed by atoms with Crippen LogP contribution in [0.25, 0.3) is 0 Å².